The zero-order chi connectivity index (χ0) is 23.7. The summed E-state index contributed by atoms with van der Waals surface area (Å²) in [4.78, 5) is 14.8. The molecule has 1 aliphatic carbocycles. The van der Waals surface area contributed by atoms with Gasteiger partial charge >= 0.3 is 0 Å². The van der Waals surface area contributed by atoms with Gasteiger partial charge in [-0.3, -0.25) is 4.79 Å². The van der Waals surface area contributed by atoms with Crippen LogP contribution in [0.5, 0.6) is 11.5 Å². The highest BCUT2D eigenvalue weighted by Gasteiger charge is 2.39. The van der Waals surface area contributed by atoms with Crippen LogP contribution in [0, 0.1) is 11.3 Å². The number of allylic oxidation sites excluding steroid dienone is 3. The Bertz CT molecular complexity index is 1230. The van der Waals surface area contributed by atoms with Crippen LogP contribution < -0.4 is 15.2 Å². The van der Waals surface area contributed by atoms with Crippen LogP contribution in [-0.2, 0) is 11.4 Å². The zero-order valence-corrected chi connectivity index (χ0v) is 20.7. The molecule has 0 fully saturated rings. The normalized spacial score (nSPS) is 18.2. The smallest absolute Gasteiger partial charge is 0.175 e. The number of carbonyl (C=O) groups excluding carboxylic acids is 1. The van der Waals surface area contributed by atoms with Gasteiger partial charge in [-0.05, 0) is 64.2 Å². The van der Waals surface area contributed by atoms with Crippen LogP contribution in [0.3, 0.4) is 0 Å². The van der Waals surface area contributed by atoms with Gasteiger partial charge in [-0.25, -0.2) is 0 Å². The Morgan fingerprint density at radius 3 is 2.79 bits per heavy atom. The van der Waals surface area contributed by atoms with Gasteiger partial charge in [-0.15, -0.1) is 0 Å². The SMILES string of the molecule is COc1cc([C@@H]2C(C#N)=C(N)N(C)C3=C2C(=O)CCC3)cc(Br)c1OCc1cccc(Cl)c1. The molecule has 6 nitrogen and oxygen atoms in total. The Hall–Kier alpha value is -2.95. The zero-order valence-electron chi connectivity index (χ0n) is 18.3. The summed E-state index contributed by atoms with van der Waals surface area (Å²) in [6, 6.07) is 13.3. The van der Waals surface area contributed by atoms with Crippen LogP contribution in [0.2, 0.25) is 5.02 Å². The van der Waals surface area contributed by atoms with E-state index in [-0.39, 0.29) is 5.78 Å². The first-order valence-electron chi connectivity index (χ1n) is 10.5. The maximum atomic E-state index is 13.0. The van der Waals surface area contributed by atoms with E-state index in [2.05, 4.69) is 22.0 Å². The van der Waals surface area contributed by atoms with Gasteiger partial charge in [0.1, 0.15) is 12.4 Å². The van der Waals surface area contributed by atoms with Gasteiger partial charge in [0.2, 0.25) is 0 Å². The number of carbonyl (C=O) groups is 1. The van der Waals surface area contributed by atoms with Crippen LogP contribution >= 0.6 is 27.5 Å². The van der Waals surface area contributed by atoms with Crippen molar-refractivity contribution in [3.8, 4) is 17.6 Å². The number of nitriles is 1. The van der Waals surface area contributed by atoms with Crippen molar-refractivity contribution in [1.82, 2.24) is 4.90 Å². The molecule has 0 bridgehead atoms. The molecule has 0 amide bonds. The number of methoxy groups -OCH3 is 1. The third kappa shape index (κ3) is 4.33. The van der Waals surface area contributed by atoms with E-state index in [4.69, 9.17) is 26.8 Å². The number of Topliss-reactive ketones (excluding diaryl/α,β-unsaturated/α-hetero) is 1. The van der Waals surface area contributed by atoms with E-state index < -0.39 is 5.92 Å². The molecule has 0 saturated heterocycles. The Balaban J connectivity index is 1.76. The molecule has 33 heavy (non-hydrogen) atoms. The van der Waals surface area contributed by atoms with Crippen molar-refractivity contribution in [2.24, 2.45) is 5.73 Å². The van der Waals surface area contributed by atoms with Gasteiger partial charge in [0.15, 0.2) is 17.3 Å². The highest BCUT2D eigenvalue weighted by atomic mass is 79.9. The molecule has 1 heterocycles. The summed E-state index contributed by atoms with van der Waals surface area (Å²) in [6.07, 6.45) is 1.97. The molecule has 0 unspecified atom stereocenters. The number of nitrogens with two attached hydrogens (primary N) is 1. The lowest BCUT2D eigenvalue weighted by Crippen LogP contribution is -2.36. The van der Waals surface area contributed by atoms with Gasteiger partial charge < -0.3 is 20.1 Å². The Morgan fingerprint density at radius 1 is 1.30 bits per heavy atom. The van der Waals surface area contributed by atoms with Crippen molar-refractivity contribution in [3.63, 3.8) is 0 Å². The molecule has 2 aromatic carbocycles. The van der Waals surface area contributed by atoms with Crippen molar-refractivity contribution in [3.05, 3.63) is 79.7 Å². The molecular formula is C25H23BrClN3O3. The molecular weight excluding hydrogens is 506 g/mol. The minimum atomic E-state index is -0.554. The minimum absolute atomic E-state index is 0.0460. The maximum Gasteiger partial charge on any atom is 0.175 e. The van der Waals surface area contributed by atoms with Gasteiger partial charge in [0.25, 0.3) is 0 Å². The van der Waals surface area contributed by atoms with Crippen molar-refractivity contribution < 1.29 is 14.3 Å². The van der Waals surface area contributed by atoms with Crippen LogP contribution in [0.15, 0.2) is 63.5 Å². The molecule has 0 radical (unpaired) electrons. The van der Waals surface area contributed by atoms with E-state index in [0.717, 1.165) is 29.7 Å². The molecule has 1 aliphatic heterocycles. The third-order valence-corrected chi connectivity index (χ3v) is 6.85. The molecule has 8 heteroatoms. The summed E-state index contributed by atoms with van der Waals surface area (Å²) in [5, 5.41) is 10.6. The summed E-state index contributed by atoms with van der Waals surface area (Å²) in [5.74, 6) is 0.869. The molecule has 170 valence electrons. The number of hydrogen-bond donors (Lipinski definition) is 1. The van der Waals surface area contributed by atoms with Gasteiger partial charge in [-0.1, -0.05) is 23.7 Å². The monoisotopic (exact) mass is 527 g/mol. The van der Waals surface area contributed by atoms with Crippen LogP contribution in [-0.4, -0.2) is 24.8 Å². The summed E-state index contributed by atoms with van der Waals surface area (Å²) in [6.45, 7) is 0.299. The number of hydrogen-bond acceptors (Lipinski definition) is 6. The average molecular weight is 529 g/mol. The number of halogens is 2. The van der Waals surface area contributed by atoms with Gasteiger partial charge in [0.05, 0.1) is 29.1 Å². The number of nitrogens with zero attached hydrogens (tertiary/aromatic N) is 2. The molecule has 0 aromatic heterocycles. The predicted octanol–water partition coefficient (Wildman–Crippen LogP) is 5.42. The van der Waals surface area contributed by atoms with Gasteiger partial charge in [0, 0.05) is 29.8 Å². The second kappa shape index (κ2) is 9.50. The van der Waals surface area contributed by atoms with E-state index in [9.17, 15) is 10.1 Å². The van der Waals surface area contributed by atoms with Crippen molar-refractivity contribution in [2.75, 3.05) is 14.2 Å². The molecule has 2 aliphatic rings. The Kier molecular flexibility index (Phi) is 6.68. The molecule has 0 saturated carbocycles. The largest absolute Gasteiger partial charge is 0.493 e. The summed E-state index contributed by atoms with van der Waals surface area (Å²) < 4.78 is 12.3. The Morgan fingerprint density at radius 2 is 2.09 bits per heavy atom. The summed E-state index contributed by atoms with van der Waals surface area (Å²) in [5.41, 5.74) is 9.86. The molecule has 0 spiro atoms. The summed E-state index contributed by atoms with van der Waals surface area (Å²) >= 11 is 9.67. The lowest BCUT2D eigenvalue weighted by atomic mass is 9.76. The van der Waals surface area contributed by atoms with E-state index in [0.29, 0.717) is 51.0 Å². The fraction of sp³-hybridized carbons (Fsp3) is 0.280. The first-order chi connectivity index (χ1) is 15.8. The lowest BCUT2D eigenvalue weighted by molar-refractivity contribution is -0.116. The van der Waals surface area contributed by atoms with Crippen LogP contribution in [0.4, 0.5) is 0 Å². The van der Waals surface area contributed by atoms with Crippen molar-refractivity contribution in [1.29, 1.82) is 5.26 Å². The first-order valence-corrected chi connectivity index (χ1v) is 11.7. The standard InChI is InChI=1S/C25H23BrClN3O3/c1-30-19-7-4-8-20(31)23(19)22(17(12-28)25(30)29)15-10-18(26)24(21(11-15)32-2)33-13-14-5-3-6-16(27)9-14/h3,5-6,9-11,22H,4,7-8,13,29H2,1-2H3/t22-/m1/s1. The highest BCUT2D eigenvalue weighted by molar-refractivity contribution is 9.10. The van der Waals surface area contributed by atoms with E-state index in [1.54, 1.807) is 25.1 Å². The number of benzene rings is 2. The van der Waals surface area contributed by atoms with E-state index in [1.165, 1.54) is 0 Å². The maximum absolute atomic E-state index is 13.0. The molecule has 2 N–H and O–H groups in total. The molecule has 4 rings (SSSR count). The fourth-order valence-electron chi connectivity index (χ4n) is 4.42. The Labute approximate surface area is 206 Å². The number of rotatable bonds is 5. The summed E-state index contributed by atoms with van der Waals surface area (Å²) in [7, 11) is 3.36. The lowest BCUT2D eigenvalue weighted by Gasteiger charge is -2.37. The average Bonchev–Trinajstić information content (AvgIpc) is 2.80. The molecule has 1 atom stereocenters. The van der Waals surface area contributed by atoms with Gasteiger partial charge in [-0.2, -0.15) is 5.26 Å². The van der Waals surface area contributed by atoms with Crippen molar-refractivity contribution >= 4 is 33.3 Å². The van der Waals surface area contributed by atoms with Crippen LogP contribution in [0.25, 0.3) is 0 Å². The predicted molar refractivity (Wildman–Crippen MR) is 130 cm³/mol. The number of ether oxygens (including phenoxy) is 2. The fourth-order valence-corrected chi connectivity index (χ4v) is 5.21. The minimum Gasteiger partial charge on any atom is -0.493 e. The second-order valence-electron chi connectivity index (χ2n) is 7.99. The highest BCUT2D eigenvalue weighted by Crippen LogP contribution is 2.47. The van der Waals surface area contributed by atoms with E-state index >= 15 is 0 Å². The third-order valence-electron chi connectivity index (χ3n) is 6.03. The van der Waals surface area contributed by atoms with Crippen LogP contribution in [0.1, 0.15) is 36.3 Å². The quantitative estimate of drug-likeness (QED) is 0.557. The van der Waals surface area contributed by atoms with E-state index in [1.807, 2.05) is 30.3 Å². The van der Waals surface area contributed by atoms with Crippen molar-refractivity contribution in [2.45, 2.75) is 31.8 Å². The second-order valence-corrected chi connectivity index (χ2v) is 9.28. The number of ketones is 1. The molecule has 2 aromatic rings. The first kappa shape index (κ1) is 23.2. The topological polar surface area (TPSA) is 88.6 Å².